The fraction of sp³-hybridized carbons (Fsp3) is 0.290. The van der Waals surface area contributed by atoms with E-state index < -0.39 is 15.9 Å². The number of aromatic nitrogens is 4. The lowest BCUT2D eigenvalue weighted by molar-refractivity contribution is -0.117. The van der Waals surface area contributed by atoms with Gasteiger partial charge in [0.2, 0.25) is 10.0 Å². The van der Waals surface area contributed by atoms with Crippen LogP contribution in [-0.4, -0.2) is 57.6 Å². The van der Waals surface area contributed by atoms with Gasteiger partial charge in [-0.1, -0.05) is 37.3 Å². The summed E-state index contributed by atoms with van der Waals surface area (Å²) in [4.78, 5) is 17.1. The molecule has 0 aliphatic carbocycles. The van der Waals surface area contributed by atoms with Crippen LogP contribution < -0.4 is 5.32 Å². The number of hydrogen-bond donors (Lipinski definition) is 1. The molecule has 2 aromatic carbocycles. The molecule has 11 heteroatoms. The average Bonchev–Trinajstić information content (AvgIpc) is 3.69. The summed E-state index contributed by atoms with van der Waals surface area (Å²) in [5.74, 6) is -0.187. The normalized spacial score (nSPS) is 16.2. The Balaban J connectivity index is 1.45. The fourth-order valence-electron chi connectivity index (χ4n) is 5.03. The summed E-state index contributed by atoms with van der Waals surface area (Å²) < 4.78 is 32.2. The molecule has 1 N–H and O–H groups in total. The maximum atomic E-state index is 13.5. The quantitative estimate of drug-likeness (QED) is 0.169. The Labute approximate surface area is 246 Å². The monoisotopic (exact) mass is 583 g/mol. The number of rotatable bonds is 10. The minimum absolute atomic E-state index is 0.0717. The minimum Gasteiger partial charge on any atom is -0.351 e. The number of hydrogen-bond acceptors (Lipinski definition) is 6. The molecule has 4 aromatic rings. The lowest BCUT2D eigenvalue weighted by Crippen LogP contribution is -2.39. The molecule has 2 aromatic heterocycles. The molecule has 10 nitrogen and oxygen atoms in total. The molecule has 216 valence electrons. The van der Waals surface area contributed by atoms with E-state index in [1.165, 1.54) is 6.08 Å². The highest BCUT2D eigenvalue weighted by atomic mass is 32.2. The third kappa shape index (κ3) is 6.67. The van der Waals surface area contributed by atoms with Crippen LogP contribution in [0.3, 0.4) is 0 Å². The van der Waals surface area contributed by atoms with Gasteiger partial charge >= 0.3 is 0 Å². The first-order chi connectivity index (χ1) is 20.3. The van der Waals surface area contributed by atoms with Gasteiger partial charge in [0, 0.05) is 55.9 Å². The number of piperidine rings is 1. The Morgan fingerprint density at radius 3 is 2.76 bits per heavy atom. The predicted molar refractivity (Wildman–Crippen MR) is 160 cm³/mol. The molecule has 1 unspecified atom stereocenters. The smallest absolute Gasteiger partial charge is 0.261 e. The van der Waals surface area contributed by atoms with Crippen LogP contribution in [0, 0.1) is 17.2 Å². The highest BCUT2D eigenvalue weighted by Gasteiger charge is 2.29. The molecule has 1 saturated heterocycles. The van der Waals surface area contributed by atoms with Gasteiger partial charge in [0.1, 0.15) is 17.3 Å². The van der Waals surface area contributed by atoms with Crippen LogP contribution in [0.2, 0.25) is 0 Å². The average molecular weight is 584 g/mol. The highest BCUT2D eigenvalue weighted by molar-refractivity contribution is 7.89. The number of para-hydroxylation sites is 1. The van der Waals surface area contributed by atoms with E-state index in [1.807, 2.05) is 47.2 Å². The van der Waals surface area contributed by atoms with Crippen molar-refractivity contribution in [2.45, 2.75) is 37.6 Å². The molecule has 1 fully saturated rings. The summed E-state index contributed by atoms with van der Waals surface area (Å²) in [7, 11) is -3.69. The summed E-state index contributed by atoms with van der Waals surface area (Å²) in [5, 5.41) is 17.4. The van der Waals surface area contributed by atoms with Crippen molar-refractivity contribution in [1.82, 2.24) is 29.0 Å². The Morgan fingerprint density at radius 2 is 2.02 bits per heavy atom. The van der Waals surface area contributed by atoms with Crippen LogP contribution in [0.15, 0.2) is 90.0 Å². The van der Waals surface area contributed by atoms with Gasteiger partial charge in [0.25, 0.3) is 5.91 Å². The number of imidazole rings is 1. The van der Waals surface area contributed by atoms with E-state index in [0.717, 1.165) is 18.5 Å². The number of nitriles is 1. The van der Waals surface area contributed by atoms with E-state index in [4.69, 9.17) is 5.10 Å². The number of aryl methyl sites for hydroxylation is 1. The van der Waals surface area contributed by atoms with Crippen LogP contribution in [0.1, 0.15) is 31.7 Å². The van der Waals surface area contributed by atoms with Crippen LogP contribution >= 0.6 is 0 Å². The molecule has 0 spiro atoms. The first-order valence-corrected chi connectivity index (χ1v) is 15.4. The second-order valence-corrected chi connectivity index (χ2v) is 12.4. The van der Waals surface area contributed by atoms with Gasteiger partial charge < -0.3 is 9.88 Å². The maximum Gasteiger partial charge on any atom is 0.261 e. The zero-order valence-corrected chi connectivity index (χ0v) is 24.2. The highest BCUT2D eigenvalue weighted by Crippen LogP contribution is 2.30. The van der Waals surface area contributed by atoms with Crippen molar-refractivity contribution in [3.8, 4) is 23.0 Å². The van der Waals surface area contributed by atoms with E-state index in [1.54, 1.807) is 52.0 Å². The SMILES string of the molecule is CC1CCCN(S(=O)(=O)c2cccc(-c3nn(-c4ccccc4)cc3C=C(C#N)C(=O)NCCCn3ccnc3)c2)C1. The third-order valence-corrected chi connectivity index (χ3v) is 9.09. The number of sulfonamides is 1. The fourth-order valence-corrected chi connectivity index (χ4v) is 6.67. The number of nitrogens with zero attached hydrogens (tertiary/aromatic N) is 6. The van der Waals surface area contributed by atoms with E-state index in [2.05, 4.69) is 17.2 Å². The molecule has 0 saturated carbocycles. The molecule has 1 aliphatic rings. The van der Waals surface area contributed by atoms with E-state index in [9.17, 15) is 18.5 Å². The zero-order valence-electron chi connectivity index (χ0n) is 23.4. The van der Waals surface area contributed by atoms with Crippen LogP contribution in [-0.2, 0) is 21.4 Å². The van der Waals surface area contributed by atoms with Crippen molar-refractivity contribution in [1.29, 1.82) is 5.26 Å². The standard InChI is InChI=1S/C31H33N7O3S/c1-24-8-6-16-37(21-24)42(40,41)29-12-5-9-25(19-29)30-27(22-38(35-30)28-10-3-2-4-11-28)18-26(20-32)31(39)34-13-7-15-36-17-14-33-23-36/h2-5,9-12,14,17-19,22-24H,6-8,13,15-16,21H2,1H3,(H,34,39). The largest absolute Gasteiger partial charge is 0.351 e. The molecular formula is C31H33N7O3S. The molecular weight excluding hydrogens is 550 g/mol. The van der Waals surface area contributed by atoms with Crippen LogP contribution in [0.5, 0.6) is 0 Å². The lowest BCUT2D eigenvalue weighted by Gasteiger charge is -2.30. The molecule has 1 amide bonds. The summed E-state index contributed by atoms with van der Waals surface area (Å²) in [6.07, 6.45) is 11.0. The van der Waals surface area contributed by atoms with Crippen molar-refractivity contribution in [2.24, 2.45) is 5.92 Å². The van der Waals surface area contributed by atoms with Crippen molar-refractivity contribution in [3.05, 3.63) is 90.7 Å². The van der Waals surface area contributed by atoms with E-state index in [-0.39, 0.29) is 10.5 Å². The topological polar surface area (TPSA) is 126 Å². The summed E-state index contributed by atoms with van der Waals surface area (Å²) in [6, 6.07) is 18.2. The van der Waals surface area contributed by atoms with Crippen LogP contribution in [0.4, 0.5) is 0 Å². The van der Waals surface area contributed by atoms with Gasteiger partial charge in [-0.25, -0.2) is 18.1 Å². The minimum atomic E-state index is -3.69. The predicted octanol–water partition coefficient (Wildman–Crippen LogP) is 4.27. The van der Waals surface area contributed by atoms with Gasteiger partial charge in [-0.05, 0) is 55.5 Å². The molecule has 0 bridgehead atoms. The van der Waals surface area contributed by atoms with Crippen LogP contribution in [0.25, 0.3) is 23.0 Å². The zero-order chi connectivity index (χ0) is 29.5. The first kappa shape index (κ1) is 29.0. The Morgan fingerprint density at radius 1 is 1.19 bits per heavy atom. The summed E-state index contributed by atoms with van der Waals surface area (Å²) in [6.45, 7) is 4.13. The Hall–Kier alpha value is -4.53. The lowest BCUT2D eigenvalue weighted by atomic mass is 10.0. The molecule has 42 heavy (non-hydrogen) atoms. The number of benzene rings is 2. The number of nitrogens with one attached hydrogen (secondary N) is 1. The number of amides is 1. The second kappa shape index (κ2) is 13.0. The van der Waals surface area contributed by atoms with Gasteiger partial charge in [0.05, 0.1) is 16.9 Å². The van der Waals surface area contributed by atoms with E-state index >= 15 is 0 Å². The summed E-state index contributed by atoms with van der Waals surface area (Å²) >= 11 is 0. The molecule has 3 heterocycles. The van der Waals surface area contributed by atoms with E-state index in [0.29, 0.717) is 55.3 Å². The van der Waals surface area contributed by atoms with Crippen molar-refractivity contribution in [2.75, 3.05) is 19.6 Å². The molecule has 1 atom stereocenters. The van der Waals surface area contributed by atoms with Gasteiger partial charge in [-0.2, -0.15) is 14.7 Å². The Bertz CT molecular complexity index is 1700. The van der Waals surface area contributed by atoms with Crippen molar-refractivity contribution in [3.63, 3.8) is 0 Å². The summed E-state index contributed by atoms with van der Waals surface area (Å²) in [5.41, 5.74) is 2.26. The van der Waals surface area contributed by atoms with Gasteiger partial charge in [-0.3, -0.25) is 4.79 Å². The van der Waals surface area contributed by atoms with Crippen molar-refractivity contribution < 1.29 is 13.2 Å². The Kier molecular flexibility index (Phi) is 8.95. The molecule has 0 radical (unpaired) electrons. The van der Waals surface area contributed by atoms with Crippen molar-refractivity contribution >= 4 is 22.0 Å². The maximum absolute atomic E-state index is 13.5. The number of carbonyl (C=O) groups excluding carboxylic acids is 1. The molecule has 1 aliphatic heterocycles. The van der Waals surface area contributed by atoms with Gasteiger partial charge in [-0.15, -0.1) is 0 Å². The molecule has 5 rings (SSSR count). The third-order valence-electron chi connectivity index (χ3n) is 7.23. The number of carbonyl (C=O) groups is 1. The second-order valence-electron chi connectivity index (χ2n) is 10.4. The van der Waals surface area contributed by atoms with Gasteiger partial charge in [0.15, 0.2) is 0 Å². The first-order valence-electron chi connectivity index (χ1n) is 14.0.